The van der Waals surface area contributed by atoms with Gasteiger partial charge in [-0.15, -0.1) is 0 Å². The minimum absolute atomic E-state index is 0. The van der Waals surface area contributed by atoms with E-state index in [1.165, 1.54) is 69.2 Å². The van der Waals surface area contributed by atoms with Crippen molar-refractivity contribution in [2.24, 2.45) is 0 Å². The Morgan fingerprint density at radius 3 is 1.33 bits per heavy atom. The number of hydrogen-bond acceptors (Lipinski definition) is 0. The first-order chi connectivity index (χ1) is 20.1. The summed E-state index contributed by atoms with van der Waals surface area (Å²) in [6.07, 6.45) is 3.59. The molecule has 0 spiro atoms. The van der Waals surface area contributed by atoms with Crippen molar-refractivity contribution in [1.82, 2.24) is 0 Å². The van der Waals surface area contributed by atoms with Crippen molar-refractivity contribution in [2.45, 2.75) is 86.5 Å². The smallest absolute Gasteiger partial charge is 1.00 e. The third-order valence-electron chi connectivity index (χ3n) is 8.96. The van der Waals surface area contributed by atoms with Crippen LogP contribution in [0, 0.1) is 27.7 Å². The molecule has 1 aliphatic rings. The molecule has 46 heavy (non-hydrogen) atoms. The van der Waals surface area contributed by atoms with Gasteiger partial charge in [0.25, 0.3) is 0 Å². The molecule has 0 nitrogen and oxygen atoms in total. The van der Waals surface area contributed by atoms with E-state index in [2.05, 4.69) is 181 Å². The number of hydrogen-bond donors (Lipinski definition) is 0. The Morgan fingerprint density at radius 1 is 0.543 bits per heavy atom. The molecule has 1 aliphatic carbocycles. The van der Waals surface area contributed by atoms with Crippen molar-refractivity contribution in [3.63, 3.8) is 0 Å². The zero-order valence-electron chi connectivity index (χ0n) is 29.0. The van der Waals surface area contributed by atoms with Crippen LogP contribution in [0.2, 0.25) is 0 Å². The molecule has 0 aliphatic heterocycles. The summed E-state index contributed by atoms with van der Waals surface area (Å²) in [6.45, 7) is 23.3. The largest absolute Gasteiger partial charge is 1.00 e. The second-order valence-corrected chi connectivity index (χ2v) is 19.6. The van der Waals surface area contributed by atoms with Crippen molar-refractivity contribution >= 4 is 29.2 Å². The minimum Gasteiger partial charge on any atom is -1.00 e. The second-order valence-electron chi connectivity index (χ2n) is 14.8. The minimum atomic E-state index is -2.82. The van der Waals surface area contributed by atoms with E-state index in [0.717, 1.165) is 6.42 Å². The molecule has 5 heteroatoms. The van der Waals surface area contributed by atoms with Gasteiger partial charge in [-0.25, -0.2) is 0 Å². The fourth-order valence-electron chi connectivity index (χ4n) is 6.90. The molecule has 0 saturated carbocycles. The first-order valence-electron chi connectivity index (χ1n) is 15.7. The van der Waals surface area contributed by atoms with Gasteiger partial charge in [0.2, 0.25) is 0 Å². The Balaban J connectivity index is 0.00000245. The number of benzene rings is 4. The summed E-state index contributed by atoms with van der Waals surface area (Å²) in [7, 11) is -2.82. The molecule has 0 bridgehead atoms. The van der Waals surface area contributed by atoms with Crippen LogP contribution in [0.5, 0.6) is 0 Å². The average Bonchev–Trinajstić information content (AvgIpc) is 3.29. The van der Waals surface area contributed by atoms with Crippen LogP contribution in [0.4, 0.5) is 0 Å². The van der Waals surface area contributed by atoms with E-state index >= 15 is 0 Å². The quantitative estimate of drug-likeness (QED) is 0.199. The van der Waals surface area contributed by atoms with Gasteiger partial charge in [0.05, 0.1) is 0 Å². The number of aryl methyl sites for hydroxylation is 4. The third-order valence-corrected chi connectivity index (χ3v) is 14.4. The fourth-order valence-corrected chi connectivity index (χ4v) is 13.2. The van der Waals surface area contributed by atoms with Crippen LogP contribution in [-0.2, 0) is 31.3 Å². The van der Waals surface area contributed by atoms with Crippen LogP contribution in [-0.4, -0.2) is 8.07 Å². The van der Waals surface area contributed by atoms with Gasteiger partial charge in [-0.05, 0) is 0 Å². The third kappa shape index (κ3) is 7.89. The zero-order valence-corrected chi connectivity index (χ0v) is 33.8. The van der Waals surface area contributed by atoms with Crippen LogP contribution < -0.4 is 52.8 Å². The van der Waals surface area contributed by atoms with Crippen molar-refractivity contribution in [2.75, 3.05) is 0 Å². The Bertz CT molecular complexity index is 1630. The maximum atomic E-state index is 2.60. The maximum absolute atomic E-state index is 2.82. The van der Waals surface area contributed by atoms with E-state index in [1.54, 1.807) is 0 Å². The Hall–Kier alpha value is -1.84. The summed E-state index contributed by atoms with van der Waals surface area (Å²) in [5.41, 5.74) is 11.0. The van der Waals surface area contributed by atoms with Gasteiger partial charge in [0.15, 0.2) is 0 Å². The summed E-state index contributed by atoms with van der Waals surface area (Å²) in [5.74, 6) is 0. The molecule has 5 rings (SSSR count). The van der Waals surface area contributed by atoms with E-state index in [4.69, 9.17) is 0 Å². The molecule has 0 radical (unpaired) electrons. The number of allylic oxidation sites excluding steroid dienone is 4. The average molecular weight is 722 g/mol. The molecule has 0 N–H and O–H groups in total. The van der Waals surface area contributed by atoms with Crippen LogP contribution in [0.25, 0.3) is 5.57 Å². The van der Waals surface area contributed by atoms with Gasteiger partial charge < -0.3 is 37.2 Å². The summed E-state index contributed by atoms with van der Waals surface area (Å²) in [6, 6.07) is 33.5. The molecular formula is C41H47Cl3SiTi. The normalized spacial score (nSPS) is 13.4. The number of halogens is 3. The molecule has 0 unspecified atom stereocenters. The van der Waals surface area contributed by atoms with E-state index < -0.39 is 8.07 Å². The fraction of sp³-hybridized carbons (Fsp3) is 0.317. The topological polar surface area (TPSA) is 0 Å². The standard InChI is InChI=1S/C41H47Si.3ClH.Ti/c1-28-19-29(2)22-35(21-28)42(36-23-30(3)20-31(4)24-36,39-18-14-17-38(39)32-15-12-11-13-16-32)37-26-33(40(5,6)7)25-34(27-37)41(8,9)10;;;;/h11-13,15-16,18-27H,14H2,1-10H3;3*1H;/q;;;;+3/p-3. The molecule has 0 heterocycles. The van der Waals surface area contributed by atoms with Gasteiger partial charge in [-0.1, -0.05) is 0 Å². The van der Waals surface area contributed by atoms with Gasteiger partial charge in [-0.3, -0.25) is 0 Å². The molecule has 4 aromatic rings. The second kappa shape index (κ2) is 15.2. The van der Waals surface area contributed by atoms with E-state index in [0.29, 0.717) is 0 Å². The molecule has 0 amide bonds. The van der Waals surface area contributed by atoms with Crippen molar-refractivity contribution in [1.29, 1.82) is 0 Å². The predicted octanol–water partition coefficient (Wildman–Crippen LogP) is -0.175. The van der Waals surface area contributed by atoms with Crippen molar-refractivity contribution in [3.8, 4) is 0 Å². The van der Waals surface area contributed by atoms with Crippen LogP contribution in [0.3, 0.4) is 0 Å². The summed E-state index contributed by atoms with van der Waals surface area (Å²) >= 11 is 2.35. The van der Waals surface area contributed by atoms with Gasteiger partial charge in [-0.2, -0.15) is 0 Å². The SMILES string of the molecule is Cc1cc(C)cc([Si](C2=CC[C]([Ti+3])=C2c2ccccc2)(c2cc(C)cc(C)c2)c2cc(C(C)(C)C)cc(C(C)(C)C)c2)c1.[Cl-].[Cl-].[Cl-]. The first-order valence-corrected chi connectivity index (χ1v) is 18.4. The van der Waals surface area contributed by atoms with Gasteiger partial charge >= 0.3 is 275 Å². The van der Waals surface area contributed by atoms with Crippen LogP contribution in [0.1, 0.15) is 86.9 Å². The van der Waals surface area contributed by atoms with Gasteiger partial charge in [0.1, 0.15) is 0 Å². The van der Waals surface area contributed by atoms with Crippen molar-refractivity contribution < 1.29 is 57.7 Å². The summed E-state index contributed by atoms with van der Waals surface area (Å²) in [5, 5.41) is 6.00. The van der Waals surface area contributed by atoms with E-state index in [1.807, 2.05) is 0 Å². The molecule has 4 aromatic carbocycles. The van der Waals surface area contributed by atoms with Crippen molar-refractivity contribution in [3.05, 3.63) is 139 Å². The zero-order chi connectivity index (χ0) is 31.3. The molecule has 0 fully saturated rings. The number of rotatable bonds is 5. The van der Waals surface area contributed by atoms with Crippen LogP contribution >= 0.6 is 0 Å². The molecule has 0 atom stereocenters. The monoisotopic (exact) mass is 720 g/mol. The van der Waals surface area contributed by atoms with Crippen LogP contribution in [0.15, 0.2) is 100 Å². The summed E-state index contributed by atoms with van der Waals surface area (Å²) < 4.78 is 1.47. The Morgan fingerprint density at radius 2 is 0.935 bits per heavy atom. The molecule has 0 saturated heterocycles. The predicted molar refractivity (Wildman–Crippen MR) is 186 cm³/mol. The van der Waals surface area contributed by atoms with E-state index in [9.17, 15) is 0 Å². The molecule has 0 aromatic heterocycles. The molecular weight excluding hydrogens is 675 g/mol. The molecule has 240 valence electrons. The van der Waals surface area contributed by atoms with E-state index in [-0.39, 0.29) is 48.1 Å². The summed E-state index contributed by atoms with van der Waals surface area (Å²) in [4.78, 5) is 0. The van der Waals surface area contributed by atoms with Gasteiger partial charge in [0, 0.05) is 0 Å². The Labute approximate surface area is 310 Å². The first kappa shape index (κ1) is 40.3. The maximum Gasteiger partial charge on any atom is -1.00 e. The Kier molecular flexibility index (Phi) is 13.3.